The van der Waals surface area contributed by atoms with Gasteiger partial charge in [0.05, 0.1) is 19.0 Å². The van der Waals surface area contributed by atoms with E-state index in [0.717, 1.165) is 0 Å². The Kier molecular flexibility index (Phi) is 4.83. The van der Waals surface area contributed by atoms with Crippen molar-refractivity contribution in [1.82, 2.24) is 9.88 Å². The van der Waals surface area contributed by atoms with Gasteiger partial charge in [-0.2, -0.15) is 0 Å². The quantitative estimate of drug-likeness (QED) is 0.908. The average molecular weight is 340 g/mol. The van der Waals surface area contributed by atoms with E-state index in [9.17, 15) is 9.59 Å². The van der Waals surface area contributed by atoms with Crippen LogP contribution in [-0.2, 0) is 0 Å². The van der Waals surface area contributed by atoms with Crippen molar-refractivity contribution in [3.05, 3.63) is 48.2 Å². The second-order valence-electron chi connectivity index (χ2n) is 5.60. The first-order chi connectivity index (χ1) is 12.1. The number of ether oxygens (including phenoxy) is 1. The smallest absolute Gasteiger partial charge is 0.325 e. The highest BCUT2D eigenvalue weighted by atomic mass is 16.5. The molecule has 3 amide bonds. The van der Waals surface area contributed by atoms with Crippen LogP contribution in [0, 0.1) is 0 Å². The number of carbonyl (C=O) groups is 2. The fourth-order valence-corrected chi connectivity index (χ4v) is 2.65. The zero-order valence-electron chi connectivity index (χ0n) is 14.2. The van der Waals surface area contributed by atoms with E-state index in [1.807, 2.05) is 6.92 Å². The number of pyridine rings is 1. The van der Waals surface area contributed by atoms with Crippen LogP contribution in [0.3, 0.4) is 0 Å². The lowest BCUT2D eigenvalue weighted by atomic mass is 10.2. The number of nitrogens with zero attached hydrogens (tertiary/aromatic N) is 3. The molecule has 1 aromatic heterocycles. The van der Waals surface area contributed by atoms with E-state index in [0.29, 0.717) is 42.5 Å². The van der Waals surface area contributed by atoms with E-state index in [1.165, 1.54) is 0 Å². The summed E-state index contributed by atoms with van der Waals surface area (Å²) in [4.78, 5) is 32.1. The van der Waals surface area contributed by atoms with Gasteiger partial charge in [0.15, 0.2) is 0 Å². The van der Waals surface area contributed by atoms with E-state index in [1.54, 1.807) is 59.5 Å². The Hall–Kier alpha value is -3.09. The molecule has 7 heteroatoms. The summed E-state index contributed by atoms with van der Waals surface area (Å²) in [5.74, 6) is 1.05. The van der Waals surface area contributed by atoms with Gasteiger partial charge < -0.3 is 15.0 Å². The van der Waals surface area contributed by atoms with Crippen LogP contribution in [0.4, 0.5) is 16.3 Å². The van der Waals surface area contributed by atoms with Gasteiger partial charge in [0.25, 0.3) is 5.91 Å². The number of anilines is 2. The van der Waals surface area contributed by atoms with Crippen LogP contribution in [0.1, 0.15) is 17.3 Å². The van der Waals surface area contributed by atoms with Crippen LogP contribution in [0.15, 0.2) is 42.6 Å². The third kappa shape index (κ3) is 3.55. The van der Waals surface area contributed by atoms with E-state index in [2.05, 4.69) is 10.3 Å². The van der Waals surface area contributed by atoms with Crippen LogP contribution < -0.4 is 15.0 Å². The Labute approximate surface area is 146 Å². The zero-order valence-corrected chi connectivity index (χ0v) is 14.2. The summed E-state index contributed by atoms with van der Waals surface area (Å²) >= 11 is 0. The summed E-state index contributed by atoms with van der Waals surface area (Å²) in [6, 6.07) is 10.3. The van der Waals surface area contributed by atoms with Gasteiger partial charge in [-0.05, 0) is 43.3 Å². The SMILES string of the molecule is CCN1CCN(c2ccc(NC(=O)c3ccc(OC)cc3)cn2)C1=O. The molecule has 2 aromatic rings. The van der Waals surface area contributed by atoms with Gasteiger partial charge in [-0.3, -0.25) is 9.69 Å². The zero-order chi connectivity index (χ0) is 17.8. The number of methoxy groups -OCH3 is 1. The molecule has 0 aliphatic carbocycles. The lowest BCUT2D eigenvalue weighted by Crippen LogP contribution is -2.32. The molecule has 2 heterocycles. The summed E-state index contributed by atoms with van der Waals surface area (Å²) in [5, 5.41) is 2.79. The maximum absolute atomic E-state index is 12.2. The minimum Gasteiger partial charge on any atom is -0.497 e. The molecule has 3 rings (SSSR count). The van der Waals surface area contributed by atoms with Crippen molar-refractivity contribution in [3.63, 3.8) is 0 Å². The number of benzene rings is 1. The third-order valence-corrected chi connectivity index (χ3v) is 4.11. The Balaban J connectivity index is 1.66. The molecule has 1 aliphatic heterocycles. The molecule has 0 spiro atoms. The van der Waals surface area contributed by atoms with Crippen LogP contribution in [-0.4, -0.2) is 48.6 Å². The summed E-state index contributed by atoms with van der Waals surface area (Å²) in [6.45, 7) is 3.96. The predicted molar refractivity (Wildman–Crippen MR) is 95.2 cm³/mol. The number of urea groups is 1. The lowest BCUT2D eigenvalue weighted by molar-refractivity contribution is 0.102. The second-order valence-corrected chi connectivity index (χ2v) is 5.60. The molecule has 0 saturated carbocycles. The number of likely N-dealkylation sites (N-methyl/N-ethyl adjacent to an activating group) is 1. The molecule has 0 unspecified atom stereocenters. The Bertz CT molecular complexity index is 759. The maximum Gasteiger partial charge on any atom is 0.325 e. The molecule has 0 bridgehead atoms. The normalized spacial score (nSPS) is 13.9. The van der Waals surface area contributed by atoms with Gasteiger partial charge in [0, 0.05) is 25.2 Å². The number of rotatable bonds is 5. The molecule has 0 radical (unpaired) electrons. The van der Waals surface area contributed by atoms with Gasteiger partial charge in [0.2, 0.25) is 0 Å². The van der Waals surface area contributed by atoms with Crippen molar-refractivity contribution in [2.24, 2.45) is 0 Å². The Morgan fingerprint density at radius 1 is 1.20 bits per heavy atom. The van der Waals surface area contributed by atoms with Gasteiger partial charge in [0.1, 0.15) is 11.6 Å². The first-order valence-electron chi connectivity index (χ1n) is 8.10. The Morgan fingerprint density at radius 3 is 2.52 bits per heavy atom. The van der Waals surface area contributed by atoms with Crippen molar-refractivity contribution < 1.29 is 14.3 Å². The molecular weight excluding hydrogens is 320 g/mol. The number of amides is 3. The van der Waals surface area contributed by atoms with Crippen molar-refractivity contribution in [2.45, 2.75) is 6.92 Å². The van der Waals surface area contributed by atoms with Gasteiger partial charge in [-0.25, -0.2) is 9.78 Å². The van der Waals surface area contributed by atoms with Gasteiger partial charge in [-0.15, -0.1) is 0 Å². The Morgan fingerprint density at radius 2 is 1.96 bits per heavy atom. The molecule has 1 fully saturated rings. The number of hydrogen-bond donors (Lipinski definition) is 1. The second kappa shape index (κ2) is 7.21. The highest BCUT2D eigenvalue weighted by molar-refractivity contribution is 6.04. The van der Waals surface area contributed by atoms with Crippen LogP contribution >= 0.6 is 0 Å². The van der Waals surface area contributed by atoms with E-state index >= 15 is 0 Å². The summed E-state index contributed by atoms with van der Waals surface area (Å²) in [5.41, 5.74) is 1.10. The molecule has 1 aromatic carbocycles. The molecule has 130 valence electrons. The van der Waals surface area contributed by atoms with Crippen molar-refractivity contribution in [2.75, 3.05) is 37.0 Å². The van der Waals surface area contributed by atoms with Gasteiger partial charge in [-0.1, -0.05) is 0 Å². The summed E-state index contributed by atoms with van der Waals surface area (Å²) < 4.78 is 5.08. The predicted octanol–water partition coefficient (Wildman–Crippen LogP) is 2.60. The molecule has 1 saturated heterocycles. The van der Waals surface area contributed by atoms with Crippen molar-refractivity contribution in [3.8, 4) is 5.75 Å². The fraction of sp³-hybridized carbons (Fsp3) is 0.278. The highest BCUT2D eigenvalue weighted by Crippen LogP contribution is 2.20. The first-order valence-corrected chi connectivity index (χ1v) is 8.10. The number of aromatic nitrogens is 1. The molecule has 0 atom stereocenters. The van der Waals surface area contributed by atoms with Crippen molar-refractivity contribution >= 4 is 23.4 Å². The minimum atomic E-state index is -0.230. The third-order valence-electron chi connectivity index (χ3n) is 4.11. The maximum atomic E-state index is 12.2. The van der Waals surface area contributed by atoms with Crippen molar-refractivity contribution in [1.29, 1.82) is 0 Å². The molecule has 7 nitrogen and oxygen atoms in total. The van der Waals surface area contributed by atoms with E-state index in [4.69, 9.17) is 4.74 Å². The molecular formula is C18H20N4O3. The lowest BCUT2D eigenvalue weighted by Gasteiger charge is -2.16. The topological polar surface area (TPSA) is 74.8 Å². The van der Waals surface area contributed by atoms with Crippen LogP contribution in [0.5, 0.6) is 5.75 Å². The largest absolute Gasteiger partial charge is 0.497 e. The first kappa shape index (κ1) is 16.8. The molecule has 25 heavy (non-hydrogen) atoms. The molecule has 1 aliphatic rings. The number of nitrogens with one attached hydrogen (secondary N) is 1. The number of carbonyl (C=O) groups excluding carboxylic acids is 2. The summed E-state index contributed by atoms with van der Waals surface area (Å²) in [6.07, 6.45) is 1.55. The van der Waals surface area contributed by atoms with Gasteiger partial charge >= 0.3 is 6.03 Å². The van der Waals surface area contributed by atoms with E-state index in [-0.39, 0.29) is 11.9 Å². The summed E-state index contributed by atoms with van der Waals surface area (Å²) in [7, 11) is 1.58. The monoisotopic (exact) mass is 340 g/mol. The fourth-order valence-electron chi connectivity index (χ4n) is 2.65. The number of hydrogen-bond acceptors (Lipinski definition) is 4. The average Bonchev–Trinajstić information content (AvgIpc) is 3.03. The van der Waals surface area contributed by atoms with Crippen LogP contribution in [0.2, 0.25) is 0 Å². The molecule has 1 N–H and O–H groups in total. The van der Waals surface area contributed by atoms with Crippen LogP contribution in [0.25, 0.3) is 0 Å². The highest BCUT2D eigenvalue weighted by Gasteiger charge is 2.28. The standard InChI is InChI=1S/C18H20N4O3/c1-3-21-10-11-22(18(21)24)16-9-6-14(12-19-16)20-17(23)13-4-7-15(25-2)8-5-13/h4-9,12H,3,10-11H2,1-2H3,(H,20,23). The van der Waals surface area contributed by atoms with E-state index < -0.39 is 0 Å². The minimum absolute atomic E-state index is 0.0370.